The maximum Gasteiger partial charge on any atom is 0.196 e. The van der Waals surface area contributed by atoms with Gasteiger partial charge in [-0.2, -0.15) is 0 Å². The lowest BCUT2D eigenvalue weighted by atomic mass is 9.97. The molecule has 102 valence electrons. The van der Waals surface area contributed by atoms with Gasteiger partial charge in [0, 0.05) is 9.75 Å². The molecule has 2 aromatic heterocycles. The third-order valence-corrected chi connectivity index (χ3v) is 4.93. The van der Waals surface area contributed by atoms with Crippen molar-refractivity contribution in [2.24, 2.45) is 0 Å². The molecule has 0 aliphatic carbocycles. The average Bonchev–Trinajstić information content (AvgIpc) is 3.08. The fraction of sp³-hybridized carbons (Fsp3) is 0.188. The molecule has 3 rings (SSSR count). The zero-order valence-electron chi connectivity index (χ0n) is 11.3. The number of rotatable bonds is 2. The smallest absolute Gasteiger partial charge is 0.196 e. The van der Waals surface area contributed by atoms with E-state index in [1.165, 1.54) is 4.90 Å². The van der Waals surface area contributed by atoms with E-state index in [1.807, 2.05) is 35.0 Å². The molecule has 0 spiro atoms. The topological polar surface area (TPSA) is 21.5 Å². The Morgan fingerprint density at radius 1 is 1.00 bits per heavy atom. The molecule has 1 aliphatic heterocycles. The normalized spacial score (nSPS) is 23.6. The van der Waals surface area contributed by atoms with Gasteiger partial charge in [0.2, 0.25) is 0 Å². The van der Waals surface area contributed by atoms with Crippen molar-refractivity contribution in [1.82, 2.24) is 0 Å². The largest absolute Gasteiger partial charge is 0.330 e. The summed E-state index contributed by atoms with van der Waals surface area (Å²) in [7, 11) is 2.14. The first-order chi connectivity index (χ1) is 9.72. The first-order valence-electron chi connectivity index (χ1n) is 6.56. The molecule has 20 heavy (non-hydrogen) atoms. The maximum absolute atomic E-state index is 12.6. The van der Waals surface area contributed by atoms with E-state index in [2.05, 4.69) is 19.2 Å². The summed E-state index contributed by atoms with van der Waals surface area (Å²) >= 11 is 3.34. The molecule has 0 atom stereocenters. The summed E-state index contributed by atoms with van der Waals surface area (Å²) in [5.41, 5.74) is 1.83. The summed E-state index contributed by atoms with van der Waals surface area (Å²) in [5.74, 6) is 0.206. The number of nitrogens with one attached hydrogen (secondary N) is 1. The molecular formula is C16H16NOS2+. The minimum absolute atomic E-state index is 0.206. The Morgan fingerprint density at radius 3 is 1.90 bits per heavy atom. The Balaban J connectivity index is 1.92. The van der Waals surface area contributed by atoms with Gasteiger partial charge in [0.05, 0.1) is 18.2 Å². The number of likely N-dealkylation sites (N-methyl/N-ethyl adjacent to an activating group) is 1. The molecule has 1 saturated heterocycles. The molecule has 0 bridgehead atoms. The zero-order valence-corrected chi connectivity index (χ0v) is 12.9. The summed E-state index contributed by atoms with van der Waals surface area (Å²) in [6.07, 6.45) is 4.08. The van der Waals surface area contributed by atoms with Gasteiger partial charge in [-0.15, -0.1) is 22.7 Å². The van der Waals surface area contributed by atoms with Crippen LogP contribution in [0.1, 0.15) is 9.75 Å². The second-order valence-corrected chi connectivity index (χ2v) is 6.97. The van der Waals surface area contributed by atoms with Crippen molar-refractivity contribution >= 4 is 40.6 Å². The zero-order chi connectivity index (χ0) is 13.9. The number of Topliss-reactive ketones (excluding diaryl/α,β-unsaturated/α-hetero) is 1. The lowest BCUT2D eigenvalue weighted by Gasteiger charge is -2.23. The minimum Gasteiger partial charge on any atom is -0.330 e. The van der Waals surface area contributed by atoms with E-state index < -0.39 is 0 Å². The van der Waals surface area contributed by atoms with Gasteiger partial charge in [0.1, 0.15) is 13.1 Å². The molecule has 0 unspecified atom stereocenters. The number of hydrogen-bond donors (Lipinski definition) is 1. The van der Waals surface area contributed by atoms with E-state index in [4.69, 9.17) is 0 Å². The van der Waals surface area contributed by atoms with Crippen molar-refractivity contribution in [2.45, 2.75) is 0 Å². The molecule has 0 amide bonds. The number of thiophene rings is 2. The van der Waals surface area contributed by atoms with Crippen LogP contribution in [-0.2, 0) is 4.79 Å². The van der Waals surface area contributed by atoms with Gasteiger partial charge in [-0.05, 0) is 35.0 Å². The molecular weight excluding hydrogens is 286 g/mol. The van der Waals surface area contributed by atoms with Crippen LogP contribution in [0, 0.1) is 0 Å². The van der Waals surface area contributed by atoms with Gasteiger partial charge in [0.25, 0.3) is 0 Å². The van der Waals surface area contributed by atoms with Gasteiger partial charge in [-0.3, -0.25) is 4.79 Å². The number of piperidine rings is 1. The molecule has 2 aromatic rings. The van der Waals surface area contributed by atoms with Crippen molar-refractivity contribution in [2.75, 3.05) is 20.1 Å². The SMILES string of the molecule is C[NH+]1C/C(=C/c2cccs2)C(=O)/C(=C\c2cccs2)C1. The standard InChI is InChI=1S/C16H15NOS2/c1-17-10-12(8-14-4-2-6-19-14)16(18)13(11-17)9-15-5-3-7-20-15/h2-9H,10-11H2,1H3/p+1/b12-8-,13-9-. The van der Waals surface area contributed by atoms with Crippen LogP contribution in [0.2, 0.25) is 0 Å². The fourth-order valence-corrected chi connectivity index (χ4v) is 3.77. The van der Waals surface area contributed by atoms with Crippen LogP contribution in [0.25, 0.3) is 12.2 Å². The number of carbonyl (C=O) groups excluding carboxylic acids is 1. The van der Waals surface area contributed by atoms with E-state index in [1.54, 1.807) is 22.7 Å². The van der Waals surface area contributed by atoms with Gasteiger partial charge in [-0.25, -0.2) is 0 Å². The van der Waals surface area contributed by atoms with Crippen LogP contribution < -0.4 is 4.90 Å². The van der Waals surface area contributed by atoms with E-state index in [0.29, 0.717) is 0 Å². The monoisotopic (exact) mass is 302 g/mol. The predicted octanol–water partition coefficient (Wildman–Crippen LogP) is 2.37. The first kappa shape index (κ1) is 13.5. The van der Waals surface area contributed by atoms with Crippen molar-refractivity contribution in [3.05, 3.63) is 55.9 Å². The average molecular weight is 302 g/mol. The Hall–Kier alpha value is -1.49. The lowest BCUT2D eigenvalue weighted by molar-refractivity contribution is -0.870. The summed E-state index contributed by atoms with van der Waals surface area (Å²) < 4.78 is 0. The Labute approximate surface area is 126 Å². The van der Waals surface area contributed by atoms with E-state index >= 15 is 0 Å². The highest BCUT2D eigenvalue weighted by atomic mass is 32.1. The van der Waals surface area contributed by atoms with E-state index in [-0.39, 0.29) is 5.78 Å². The molecule has 3 heterocycles. The number of likely N-dealkylation sites (tertiary alicyclic amines) is 1. The molecule has 1 N–H and O–H groups in total. The van der Waals surface area contributed by atoms with Crippen molar-refractivity contribution < 1.29 is 9.69 Å². The van der Waals surface area contributed by atoms with Crippen molar-refractivity contribution in [3.63, 3.8) is 0 Å². The summed E-state index contributed by atoms with van der Waals surface area (Å²) in [5, 5.41) is 4.08. The molecule has 1 fully saturated rings. The summed E-state index contributed by atoms with van der Waals surface area (Å²) in [4.78, 5) is 16.2. The Morgan fingerprint density at radius 2 is 1.50 bits per heavy atom. The van der Waals surface area contributed by atoms with Crippen molar-refractivity contribution in [1.29, 1.82) is 0 Å². The Kier molecular flexibility index (Phi) is 3.96. The molecule has 0 saturated carbocycles. The molecule has 0 aromatic carbocycles. The van der Waals surface area contributed by atoms with E-state index in [9.17, 15) is 4.79 Å². The van der Waals surface area contributed by atoms with Crippen LogP contribution in [0.3, 0.4) is 0 Å². The molecule has 4 heteroatoms. The van der Waals surface area contributed by atoms with Crippen LogP contribution in [0.5, 0.6) is 0 Å². The van der Waals surface area contributed by atoms with Crippen LogP contribution in [0.4, 0.5) is 0 Å². The van der Waals surface area contributed by atoms with Crippen LogP contribution in [0.15, 0.2) is 46.2 Å². The minimum atomic E-state index is 0.206. The van der Waals surface area contributed by atoms with Crippen LogP contribution >= 0.6 is 22.7 Å². The molecule has 0 radical (unpaired) electrons. The third kappa shape index (κ3) is 2.98. The Bertz CT molecular complexity index is 594. The maximum atomic E-state index is 12.6. The lowest BCUT2D eigenvalue weighted by Crippen LogP contribution is -3.10. The number of quaternary nitrogens is 1. The van der Waals surface area contributed by atoms with Crippen molar-refractivity contribution in [3.8, 4) is 0 Å². The summed E-state index contributed by atoms with van der Waals surface area (Å²) in [6, 6.07) is 8.14. The predicted molar refractivity (Wildman–Crippen MR) is 86.2 cm³/mol. The highest BCUT2D eigenvalue weighted by molar-refractivity contribution is 7.11. The van der Waals surface area contributed by atoms with Gasteiger partial charge < -0.3 is 4.90 Å². The second-order valence-electron chi connectivity index (χ2n) is 5.01. The first-order valence-corrected chi connectivity index (χ1v) is 8.32. The highest BCUT2D eigenvalue weighted by Gasteiger charge is 2.27. The van der Waals surface area contributed by atoms with E-state index in [0.717, 1.165) is 34.0 Å². The second kappa shape index (κ2) is 5.87. The number of ketones is 1. The molecule has 2 nitrogen and oxygen atoms in total. The molecule has 1 aliphatic rings. The number of hydrogen-bond acceptors (Lipinski definition) is 3. The highest BCUT2D eigenvalue weighted by Crippen LogP contribution is 2.19. The fourth-order valence-electron chi connectivity index (χ4n) is 2.40. The van der Waals surface area contributed by atoms with Gasteiger partial charge in [0.15, 0.2) is 5.78 Å². The van der Waals surface area contributed by atoms with Gasteiger partial charge in [-0.1, -0.05) is 12.1 Å². The van der Waals surface area contributed by atoms with Gasteiger partial charge >= 0.3 is 0 Å². The quantitative estimate of drug-likeness (QED) is 0.845. The van der Waals surface area contributed by atoms with Crippen LogP contribution in [-0.4, -0.2) is 25.9 Å². The third-order valence-electron chi connectivity index (χ3n) is 3.29. The number of carbonyl (C=O) groups is 1. The summed E-state index contributed by atoms with van der Waals surface area (Å²) in [6.45, 7) is 1.61.